The monoisotopic (exact) mass is 510 g/mol. The van der Waals surface area contributed by atoms with Crippen LogP contribution in [0.5, 0.6) is 5.75 Å². The van der Waals surface area contributed by atoms with E-state index in [4.69, 9.17) is 11.6 Å². The first-order valence-corrected chi connectivity index (χ1v) is 13.5. The van der Waals surface area contributed by atoms with Gasteiger partial charge in [0.2, 0.25) is 5.91 Å². The number of nitrogens with zero attached hydrogens (tertiary/aromatic N) is 1. The van der Waals surface area contributed by atoms with Crippen LogP contribution in [0.1, 0.15) is 83.1 Å². The molecule has 1 fully saturated rings. The molecular formula is C31H43ClN2O2. The van der Waals surface area contributed by atoms with Gasteiger partial charge >= 0.3 is 0 Å². The van der Waals surface area contributed by atoms with E-state index in [-0.39, 0.29) is 16.7 Å². The second-order valence-electron chi connectivity index (χ2n) is 12.2. The van der Waals surface area contributed by atoms with Crippen molar-refractivity contribution in [3.8, 4) is 5.75 Å². The molecule has 1 heterocycles. The molecule has 36 heavy (non-hydrogen) atoms. The molecule has 1 saturated heterocycles. The number of carbonyl (C=O) groups excluding carboxylic acids is 1. The summed E-state index contributed by atoms with van der Waals surface area (Å²) in [6, 6.07) is 12.1. The number of hydrogen-bond donors (Lipinski definition) is 2. The van der Waals surface area contributed by atoms with Crippen LogP contribution in [0.15, 0.2) is 42.5 Å². The molecule has 1 aliphatic rings. The molecule has 0 bridgehead atoms. The van der Waals surface area contributed by atoms with Crippen LogP contribution in [0.2, 0.25) is 5.02 Å². The predicted molar refractivity (Wildman–Crippen MR) is 152 cm³/mol. The molecule has 2 aromatic carbocycles. The number of amides is 1. The summed E-state index contributed by atoms with van der Waals surface area (Å²) in [5.41, 5.74) is 3.61. The standard InChI is InChI=1S/C31H43ClN2O2/c1-30(2,3)26-19-23(20-27(29(26)36)31(4,5)6)10-11-28(35)33-15-12-22-13-16-34(17-14-22)21-24-8-7-9-25(32)18-24/h7-11,18-20,22,36H,12-17,21H2,1-6H3,(H,33,35)/b11-10+. The van der Waals surface area contributed by atoms with Crippen molar-refractivity contribution in [1.29, 1.82) is 0 Å². The number of phenols is 1. The lowest BCUT2D eigenvalue weighted by atomic mass is 9.78. The van der Waals surface area contributed by atoms with Gasteiger partial charge in [-0.2, -0.15) is 0 Å². The Kier molecular flexibility index (Phi) is 9.29. The lowest BCUT2D eigenvalue weighted by molar-refractivity contribution is -0.116. The van der Waals surface area contributed by atoms with Gasteiger partial charge in [-0.15, -0.1) is 0 Å². The Hall–Kier alpha value is -2.30. The number of nitrogens with one attached hydrogen (secondary N) is 1. The van der Waals surface area contributed by atoms with Gasteiger partial charge < -0.3 is 10.4 Å². The summed E-state index contributed by atoms with van der Waals surface area (Å²) in [6.07, 6.45) is 6.79. The Balaban J connectivity index is 1.49. The zero-order valence-electron chi connectivity index (χ0n) is 22.8. The molecule has 0 atom stereocenters. The smallest absolute Gasteiger partial charge is 0.243 e. The molecule has 2 aromatic rings. The molecule has 0 unspecified atom stereocenters. The van der Waals surface area contributed by atoms with Crippen LogP contribution >= 0.6 is 11.6 Å². The minimum Gasteiger partial charge on any atom is -0.507 e. The lowest BCUT2D eigenvalue weighted by Crippen LogP contribution is -2.34. The van der Waals surface area contributed by atoms with Crippen molar-refractivity contribution < 1.29 is 9.90 Å². The van der Waals surface area contributed by atoms with Gasteiger partial charge in [-0.3, -0.25) is 9.69 Å². The zero-order valence-corrected chi connectivity index (χ0v) is 23.6. The Morgan fingerprint density at radius 3 is 2.22 bits per heavy atom. The minimum absolute atomic E-state index is 0.0731. The first-order chi connectivity index (χ1) is 16.8. The highest BCUT2D eigenvalue weighted by molar-refractivity contribution is 6.30. The van der Waals surface area contributed by atoms with Gasteiger partial charge in [-0.25, -0.2) is 0 Å². The third-order valence-electron chi connectivity index (χ3n) is 7.03. The summed E-state index contributed by atoms with van der Waals surface area (Å²) in [7, 11) is 0. The molecule has 0 radical (unpaired) electrons. The van der Waals surface area contributed by atoms with Gasteiger partial charge in [0.1, 0.15) is 5.75 Å². The van der Waals surface area contributed by atoms with E-state index in [1.807, 2.05) is 36.4 Å². The van der Waals surface area contributed by atoms with E-state index < -0.39 is 0 Å². The molecule has 0 aliphatic carbocycles. The Morgan fingerprint density at radius 2 is 1.67 bits per heavy atom. The molecule has 1 aliphatic heterocycles. The van der Waals surface area contributed by atoms with Crippen molar-refractivity contribution in [3.63, 3.8) is 0 Å². The number of piperidine rings is 1. The third kappa shape index (κ3) is 8.11. The highest BCUT2D eigenvalue weighted by atomic mass is 35.5. The van der Waals surface area contributed by atoms with Crippen LogP contribution in [0, 0.1) is 5.92 Å². The molecule has 0 aromatic heterocycles. The highest BCUT2D eigenvalue weighted by Gasteiger charge is 2.26. The Morgan fingerprint density at radius 1 is 1.06 bits per heavy atom. The normalized spacial score (nSPS) is 16.0. The fourth-order valence-electron chi connectivity index (χ4n) is 4.85. The summed E-state index contributed by atoms with van der Waals surface area (Å²) < 4.78 is 0. The molecule has 5 heteroatoms. The minimum atomic E-state index is -0.195. The maximum Gasteiger partial charge on any atom is 0.243 e. The number of hydrogen-bond acceptors (Lipinski definition) is 3. The van der Waals surface area contributed by atoms with Crippen molar-refractivity contribution in [2.75, 3.05) is 19.6 Å². The van der Waals surface area contributed by atoms with Gasteiger partial charge in [0.25, 0.3) is 0 Å². The van der Waals surface area contributed by atoms with Crippen LogP contribution < -0.4 is 5.32 Å². The van der Waals surface area contributed by atoms with Crippen molar-refractivity contribution in [2.24, 2.45) is 5.92 Å². The molecular weight excluding hydrogens is 468 g/mol. The van der Waals surface area contributed by atoms with Gasteiger partial charge in [0, 0.05) is 35.3 Å². The number of carbonyl (C=O) groups is 1. The average molecular weight is 511 g/mol. The van der Waals surface area contributed by atoms with Gasteiger partial charge in [-0.05, 0) is 90.6 Å². The number of likely N-dealkylation sites (tertiary alicyclic amines) is 1. The van der Waals surface area contributed by atoms with Crippen LogP contribution in [-0.4, -0.2) is 35.5 Å². The number of rotatable bonds is 7. The molecule has 0 saturated carbocycles. The first kappa shape index (κ1) is 28.3. The lowest BCUT2D eigenvalue weighted by Gasteiger charge is -2.32. The van der Waals surface area contributed by atoms with Crippen LogP contribution in [0.4, 0.5) is 0 Å². The fourth-order valence-corrected chi connectivity index (χ4v) is 5.07. The van der Waals surface area contributed by atoms with Crippen molar-refractivity contribution in [3.05, 3.63) is 69.8 Å². The maximum absolute atomic E-state index is 12.5. The molecule has 2 N–H and O–H groups in total. The van der Waals surface area contributed by atoms with Crippen molar-refractivity contribution in [1.82, 2.24) is 10.2 Å². The quantitative estimate of drug-likeness (QED) is 0.391. The van der Waals surface area contributed by atoms with E-state index in [1.165, 1.54) is 5.56 Å². The summed E-state index contributed by atoms with van der Waals surface area (Å²) >= 11 is 6.11. The SMILES string of the molecule is CC(C)(C)c1cc(/C=C/C(=O)NCCC2CCN(Cc3cccc(Cl)c3)CC2)cc(C(C)(C)C)c1O. The fraction of sp³-hybridized carbons (Fsp3) is 0.516. The summed E-state index contributed by atoms with van der Waals surface area (Å²) in [5.74, 6) is 0.928. The summed E-state index contributed by atoms with van der Waals surface area (Å²) in [6.45, 7) is 16.4. The number of benzene rings is 2. The second kappa shape index (κ2) is 11.8. The summed E-state index contributed by atoms with van der Waals surface area (Å²) in [5, 5.41) is 14.7. The zero-order chi connectivity index (χ0) is 26.5. The van der Waals surface area contributed by atoms with E-state index in [0.29, 0.717) is 18.2 Å². The van der Waals surface area contributed by atoms with Crippen molar-refractivity contribution >= 4 is 23.6 Å². The predicted octanol–water partition coefficient (Wildman–Crippen LogP) is 7.07. The maximum atomic E-state index is 12.5. The molecule has 196 valence electrons. The van der Waals surface area contributed by atoms with Crippen LogP contribution in [0.3, 0.4) is 0 Å². The number of halogens is 1. The number of aromatic hydroxyl groups is 1. The molecule has 1 amide bonds. The van der Waals surface area contributed by atoms with Gasteiger partial charge in [-0.1, -0.05) is 65.3 Å². The Bertz CT molecular complexity index is 1040. The topological polar surface area (TPSA) is 52.6 Å². The van der Waals surface area contributed by atoms with Gasteiger partial charge in [0.05, 0.1) is 0 Å². The first-order valence-electron chi connectivity index (χ1n) is 13.1. The van der Waals surface area contributed by atoms with E-state index in [0.717, 1.165) is 60.6 Å². The third-order valence-corrected chi connectivity index (χ3v) is 7.26. The average Bonchev–Trinajstić information content (AvgIpc) is 2.78. The van der Waals surface area contributed by atoms with E-state index in [1.54, 1.807) is 6.08 Å². The van der Waals surface area contributed by atoms with E-state index >= 15 is 0 Å². The second-order valence-corrected chi connectivity index (χ2v) is 12.7. The van der Waals surface area contributed by atoms with E-state index in [9.17, 15) is 9.90 Å². The highest BCUT2D eigenvalue weighted by Crippen LogP contribution is 2.40. The van der Waals surface area contributed by atoms with Crippen molar-refractivity contribution in [2.45, 2.75) is 78.2 Å². The molecule has 3 rings (SSSR count). The Labute approximate surface area is 222 Å². The summed E-state index contributed by atoms with van der Waals surface area (Å²) in [4.78, 5) is 15.0. The number of phenolic OH excluding ortho intramolecular Hbond substituents is 1. The van der Waals surface area contributed by atoms with Gasteiger partial charge in [0.15, 0.2) is 0 Å². The molecule has 4 nitrogen and oxygen atoms in total. The molecule has 0 spiro atoms. The van der Waals surface area contributed by atoms with Crippen LogP contribution in [-0.2, 0) is 22.2 Å². The van der Waals surface area contributed by atoms with E-state index in [2.05, 4.69) is 57.8 Å². The largest absolute Gasteiger partial charge is 0.507 e. The van der Waals surface area contributed by atoms with Crippen LogP contribution in [0.25, 0.3) is 6.08 Å².